The molecular weight excluding hydrogens is 289 g/mol. The van der Waals surface area contributed by atoms with Crippen LogP contribution in [0.4, 0.5) is 4.39 Å². The van der Waals surface area contributed by atoms with Crippen LogP contribution >= 0.6 is 0 Å². The van der Waals surface area contributed by atoms with E-state index in [1.54, 1.807) is 0 Å². The molecule has 0 fully saturated rings. The van der Waals surface area contributed by atoms with Crippen molar-refractivity contribution in [1.82, 2.24) is 4.31 Å². The zero-order valence-corrected chi connectivity index (χ0v) is 12.5. The predicted molar refractivity (Wildman–Crippen MR) is 78.9 cm³/mol. The van der Waals surface area contributed by atoms with Crippen molar-refractivity contribution in [3.63, 3.8) is 0 Å². The van der Waals surface area contributed by atoms with Gasteiger partial charge in [-0.3, -0.25) is 0 Å². The van der Waals surface area contributed by atoms with Crippen molar-refractivity contribution < 1.29 is 12.8 Å². The number of halogens is 1. The molecule has 0 aliphatic carbocycles. The van der Waals surface area contributed by atoms with Crippen LogP contribution in [0.3, 0.4) is 0 Å². The zero-order chi connectivity index (χ0) is 15.0. The third kappa shape index (κ3) is 2.59. The van der Waals surface area contributed by atoms with Gasteiger partial charge in [0, 0.05) is 13.1 Å². The van der Waals surface area contributed by atoms with Crippen molar-refractivity contribution in [2.75, 3.05) is 6.54 Å². The molecule has 5 heteroatoms. The lowest BCUT2D eigenvalue weighted by Gasteiger charge is -2.32. The van der Waals surface area contributed by atoms with Crippen LogP contribution in [0.2, 0.25) is 0 Å². The van der Waals surface area contributed by atoms with Crippen LogP contribution in [0, 0.1) is 5.82 Å². The van der Waals surface area contributed by atoms with E-state index in [0.29, 0.717) is 13.1 Å². The molecule has 0 amide bonds. The van der Waals surface area contributed by atoms with Gasteiger partial charge in [-0.1, -0.05) is 31.2 Å². The average molecular weight is 305 g/mol. The molecule has 2 aromatic carbocycles. The lowest BCUT2D eigenvalue weighted by atomic mass is 9.92. The Kier molecular flexibility index (Phi) is 3.55. The highest BCUT2D eigenvalue weighted by Gasteiger charge is 2.31. The third-order valence-electron chi connectivity index (χ3n) is 3.86. The molecule has 1 unspecified atom stereocenters. The van der Waals surface area contributed by atoms with Gasteiger partial charge in [-0.05, 0) is 41.3 Å². The quantitative estimate of drug-likeness (QED) is 0.855. The Morgan fingerprint density at radius 3 is 2.48 bits per heavy atom. The molecule has 3 nitrogen and oxygen atoms in total. The SMILES string of the molecule is CC1CN(S(=O)(=O)c2ccc(F)cc2)Cc2ccccc21. The number of hydrogen-bond donors (Lipinski definition) is 0. The third-order valence-corrected chi connectivity index (χ3v) is 5.69. The fourth-order valence-corrected chi connectivity index (χ4v) is 4.26. The smallest absolute Gasteiger partial charge is 0.207 e. The first-order valence-electron chi connectivity index (χ1n) is 6.82. The second kappa shape index (κ2) is 5.24. The molecule has 1 atom stereocenters. The van der Waals surface area contributed by atoms with Crippen molar-refractivity contribution in [3.05, 3.63) is 65.5 Å². The minimum Gasteiger partial charge on any atom is -0.207 e. The Labute approximate surface area is 124 Å². The van der Waals surface area contributed by atoms with Crippen molar-refractivity contribution >= 4 is 10.0 Å². The first-order chi connectivity index (χ1) is 9.98. The predicted octanol–water partition coefficient (Wildman–Crippen LogP) is 3.13. The van der Waals surface area contributed by atoms with Gasteiger partial charge in [0.15, 0.2) is 0 Å². The van der Waals surface area contributed by atoms with Crippen LogP contribution in [-0.4, -0.2) is 19.3 Å². The van der Waals surface area contributed by atoms with Crippen molar-refractivity contribution in [2.24, 2.45) is 0 Å². The van der Waals surface area contributed by atoms with Crippen molar-refractivity contribution in [1.29, 1.82) is 0 Å². The summed E-state index contributed by atoms with van der Waals surface area (Å²) >= 11 is 0. The van der Waals surface area contributed by atoms with Crippen LogP contribution in [0.5, 0.6) is 0 Å². The van der Waals surface area contributed by atoms with Crippen LogP contribution < -0.4 is 0 Å². The number of rotatable bonds is 2. The molecule has 1 aliphatic rings. The molecule has 21 heavy (non-hydrogen) atoms. The summed E-state index contributed by atoms with van der Waals surface area (Å²) in [5.74, 6) is -0.295. The van der Waals surface area contributed by atoms with Gasteiger partial charge in [-0.25, -0.2) is 12.8 Å². The molecular formula is C16H16FNO2S. The first kappa shape index (κ1) is 14.2. The van der Waals surface area contributed by atoms with Crippen LogP contribution in [0.15, 0.2) is 53.4 Å². The molecule has 1 aliphatic heterocycles. The number of nitrogens with zero attached hydrogens (tertiary/aromatic N) is 1. The number of sulfonamides is 1. The standard InChI is InChI=1S/C16H16FNO2S/c1-12-10-18(11-13-4-2-3-5-16(12)13)21(19,20)15-8-6-14(17)7-9-15/h2-9,12H,10-11H2,1H3. The van der Waals surface area contributed by atoms with E-state index in [4.69, 9.17) is 0 Å². The van der Waals surface area contributed by atoms with Gasteiger partial charge in [0.2, 0.25) is 10.0 Å². The zero-order valence-electron chi connectivity index (χ0n) is 11.7. The number of fused-ring (bicyclic) bond motifs is 1. The molecule has 0 spiro atoms. The minimum absolute atomic E-state index is 0.135. The van der Waals surface area contributed by atoms with E-state index in [1.165, 1.54) is 34.1 Å². The summed E-state index contributed by atoms with van der Waals surface area (Å²) in [4.78, 5) is 0.135. The van der Waals surface area contributed by atoms with Crippen molar-refractivity contribution in [3.8, 4) is 0 Å². The normalized spacial score (nSPS) is 19.2. The highest BCUT2D eigenvalue weighted by Crippen LogP contribution is 2.31. The lowest BCUT2D eigenvalue weighted by molar-refractivity contribution is 0.363. The van der Waals surface area contributed by atoms with E-state index in [9.17, 15) is 12.8 Å². The fourth-order valence-electron chi connectivity index (χ4n) is 2.76. The molecule has 0 aromatic heterocycles. The largest absolute Gasteiger partial charge is 0.243 e. The van der Waals surface area contributed by atoms with Gasteiger partial charge < -0.3 is 0 Å². The Morgan fingerprint density at radius 1 is 1.10 bits per heavy atom. The summed E-state index contributed by atoms with van der Waals surface area (Å²) in [6, 6.07) is 12.9. The van der Waals surface area contributed by atoms with E-state index in [-0.39, 0.29) is 10.8 Å². The number of benzene rings is 2. The molecule has 0 radical (unpaired) electrons. The van der Waals surface area contributed by atoms with Crippen LogP contribution in [0.25, 0.3) is 0 Å². The molecule has 0 bridgehead atoms. The molecule has 0 saturated carbocycles. The molecule has 2 aromatic rings. The first-order valence-corrected chi connectivity index (χ1v) is 8.26. The highest BCUT2D eigenvalue weighted by molar-refractivity contribution is 7.89. The van der Waals surface area contributed by atoms with Gasteiger partial charge in [-0.15, -0.1) is 0 Å². The van der Waals surface area contributed by atoms with Gasteiger partial charge in [0.05, 0.1) is 4.90 Å². The highest BCUT2D eigenvalue weighted by atomic mass is 32.2. The average Bonchev–Trinajstić information content (AvgIpc) is 2.47. The molecule has 0 saturated heterocycles. The van der Waals surface area contributed by atoms with E-state index in [1.807, 2.05) is 31.2 Å². The van der Waals surface area contributed by atoms with E-state index >= 15 is 0 Å². The lowest BCUT2D eigenvalue weighted by Crippen LogP contribution is -2.37. The van der Waals surface area contributed by atoms with Gasteiger partial charge in [0.25, 0.3) is 0 Å². The Balaban J connectivity index is 1.96. The Morgan fingerprint density at radius 2 is 1.76 bits per heavy atom. The maximum atomic E-state index is 13.0. The Bertz CT molecular complexity index is 756. The van der Waals surface area contributed by atoms with Crippen LogP contribution in [0.1, 0.15) is 24.0 Å². The monoisotopic (exact) mass is 305 g/mol. The number of hydrogen-bond acceptors (Lipinski definition) is 2. The molecule has 3 rings (SSSR count). The Hall–Kier alpha value is -1.72. The second-order valence-electron chi connectivity index (χ2n) is 5.35. The molecule has 1 heterocycles. The van der Waals surface area contributed by atoms with E-state index in [2.05, 4.69) is 0 Å². The molecule has 0 N–H and O–H groups in total. The second-order valence-corrected chi connectivity index (χ2v) is 7.29. The maximum Gasteiger partial charge on any atom is 0.243 e. The topological polar surface area (TPSA) is 37.4 Å². The maximum absolute atomic E-state index is 13.0. The summed E-state index contributed by atoms with van der Waals surface area (Å²) in [5.41, 5.74) is 2.23. The summed E-state index contributed by atoms with van der Waals surface area (Å²) in [6.07, 6.45) is 0. The van der Waals surface area contributed by atoms with Crippen molar-refractivity contribution in [2.45, 2.75) is 24.3 Å². The summed E-state index contributed by atoms with van der Waals surface area (Å²) < 4.78 is 39.7. The summed E-state index contributed by atoms with van der Waals surface area (Å²) in [7, 11) is -3.59. The summed E-state index contributed by atoms with van der Waals surface area (Å²) in [5, 5.41) is 0. The van der Waals surface area contributed by atoms with E-state index < -0.39 is 15.8 Å². The van der Waals surface area contributed by atoms with Gasteiger partial charge in [-0.2, -0.15) is 4.31 Å². The fraction of sp³-hybridized carbons (Fsp3) is 0.250. The van der Waals surface area contributed by atoms with Gasteiger partial charge >= 0.3 is 0 Å². The van der Waals surface area contributed by atoms with Crippen LogP contribution in [-0.2, 0) is 16.6 Å². The summed E-state index contributed by atoms with van der Waals surface area (Å²) in [6.45, 7) is 2.82. The van der Waals surface area contributed by atoms with E-state index in [0.717, 1.165) is 5.56 Å². The van der Waals surface area contributed by atoms with Gasteiger partial charge in [0.1, 0.15) is 5.82 Å². The molecule has 110 valence electrons. The minimum atomic E-state index is -3.59.